The molecule has 4 nitrogen and oxygen atoms in total. The molecular weight excluding hydrogens is 322 g/mol. The predicted molar refractivity (Wildman–Crippen MR) is 81.3 cm³/mol. The summed E-state index contributed by atoms with van der Waals surface area (Å²) in [7, 11) is 0. The number of benzene rings is 1. The third-order valence-electron chi connectivity index (χ3n) is 2.95. The Labute approximate surface area is 127 Å². The highest BCUT2D eigenvalue weighted by molar-refractivity contribution is 9.10. The van der Waals surface area contributed by atoms with Gasteiger partial charge in [0.25, 0.3) is 0 Å². The van der Waals surface area contributed by atoms with Crippen molar-refractivity contribution in [3.63, 3.8) is 0 Å². The van der Waals surface area contributed by atoms with E-state index in [4.69, 9.17) is 4.74 Å². The minimum Gasteiger partial charge on any atom is -0.444 e. The van der Waals surface area contributed by atoms with Gasteiger partial charge in [-0.25, -0.2) is 4.79 Å². The van der Waals surface area contributed by atoms with Crippen molar-refractivity contribution in [3.05, 3.63) is 27.7 Å². The number of Topliss-reactive ketones (excluding diaryl/α,β-unsaturated/α-hetero) is 1. The van der Waals surface area contributed by atoms with Crippen molar-refractivity contribution in [1.29, 1.82) is 0 Å². The predicted octanol–water partition coefficient (Wildman–Crippen LogP) is 4.32. The van der Waals surface area contributed by atoms with Crippen LogP contribution in [0.2, 0.25) is 0 Å². The molecule has 1 N–H and O–H groups in total. The van der Waals surface area contributed by atoms with Gasteiger partial charge in [0.2, 0.25) is 0 Å². The standard InChI is InChI=1S/C15H18BrNO3/c1-15(2,3)20-14(19)17-10-7-9-5-4-6-12(18)13(9)11(16)8-10/h7-8H,4-6H2,1-3H3,(H,17,19). The van der Waals surface area contributed by atoms with Crippen molar-refractivity contribution in [2.75, 3.05) is 5.32 Å². The highest BCUT2D eigenvalue weighted by atomic mass is 79.9. The first-order chi connectivity index (χ1) is 9.26. The maximum Gasteiger partial charge on any atom is 0.412 e. The number of amides is 1. The largest absolute Gasteiger partial charge is 0.444 e. The number of halogens is 1. The first-order valence-corrected chi connectivity index (χ1v) is 7.41. The van der Waals surface area contributed by atoms with E-state index in [1.807, 2.05) is 26.8 Å². The average Bonchev–Trinajstić information content (AvgIpc) is 2.25. The lowest BCUT2D eigenvalue weighted by molar-refractivity contribution is 0.0636. The number of anilines is 1. The van der Waals surface area contributed by atoms with Crippen LogP contribution in [0.3, 0.4) is 0 Å². The Bertz CT molecular complexity index is 561. The number of carbonyl (C=O) groups excluding carboxylic acids is 2. The molecule has 1 aromatic rings. The number of aryl methyl sites for hydroxylation is 1. The molecule has 0 radical (unpaired) electrons. The molecule has 1 aliphatic rings. The maximum atomic E-state index is 11.9. The second-order valence-electron chi connectivity index (χ2n) is 5.90. The highest BCUT2D eigenvalue weighted by Crippen LogP contribution is 2.31. The van der Waals surface area contributed by atoms with Gasteiger partial charge in [0.15, 0.2) is 5.78 Å². The molecule has 2 rings (SSSR count). The van der Waals surface area contributed by atoms with Crippen LogP contribution < -0.4 is 5.32 Å². The minimum atomic E-state index is -0.536. The summed E-state index contributed by atoms with van der Waals surface area (Å²) in [6.07, 6.45) is 1.80. The summed E-state index contributed by atoms with van der Waals surface area (Å²) in [4.78, 5) is 23.6. The molecule has 0 atom stereocenters. The molecule has 1 aliphatic carbocycles. The van der Waals surface area contributed by atoms with E-state index in [1.54, 1.807) is 6.07 Å². The first kappa shape index (κ1) is 15.0. The van der Waals surface area contributed by atoms with E-state index in [-0.39, 0.29) is 5.78 Å². The van der Waals surface area contributed by atoms with Gasteiger partial charge >= 0.3 is 6.09 Å². The van der Waals surface area contributed by atoms with Crippen LogP contribution in [0.5, 0.6) is 0 Å². The summed E-state index contributed by atoms with van der Waals surface area (Å²) >= 11 is 3.41. The maximum absolute atomic E-state index is 11.9. The highest BCUT2D eigenvalue weighted by Gasteiger charge is 2.22. The Hall–Kier alpha value is -1.36. The monoisotopic (exact) mass is 339 g/mol. The molecule has 0 bridgehead atoms. The van der Waals surface area contributed by atoms with Gasteiger partial charge in [0.1, 0.15) is 5.60 Å². The quantitative estimate of drug-likeness (QED) is 0.829. The SMILES string of the molecule is CC(C)(C)OC(=O)Nc1cc(Br)c2c(c1)CCCC2=O. The Kier molecular flexibility index (Phi) is 4.18. The fourth-order valence-corrected chi connectivity index (χ4v) is 2.95. The number of rotatable bonds is 1. The number of ether oxygens (including phenoxy) is 1. The summed E-state index contributed by atoms with van der Waals surface area (Å²) in [5, 5.41) is 2.70. The van der Waals surface area contributed by atoms with Crippen LogP contribution in [0.1, 0.15) is 49.5 Å². The normalized spacial score (nSPS) is 14.7. The van der Waals surface area contributed by atoms with Gasteiger partial charge in [-0.3, -0.25) is 10.1 Å². The zero-order chi connectivity index (χ0) is 14.9. The van der Waals surface area contributed by atoms with Crippen LogP contribution in [0.15, 0.2) is 16.6 Å². The number of nitrogens with one attached hydrogen (secondary N) is 1. The molecule has 0 unspecified atom stereocenters. The van der Waals surface area contributed by atoms with E-state index in [9.17, 15) is 9.59 Å². The van der Waals surface area contributed by atoms with Crippen molar-refractivity contribution in [2.45, 2.75) is 45.6 Å². The van der Waals surface area contributed by atoms with Gasteiger partial charge in [-0.15, -0.1) is 0 Å². The number of hydrogen-bond acceptors (Lipinski definition) is 3. The van der Waals surface area contributed by atoms with Crippen molar-refractivity contribution < 1.29 is 14.3 Å². The lowest BCUT2D eigenvalue weighted by Crippen LogP contribution is -2.27. The first-order valence-electron chi connectivity index (χ1n) is 6.62. The lowest BCUT2D eigenvalue weighted by atomic mass is 9.90. The second kappa shape index (κ2) is 5.56. The zero-order valence-corrected chi connectivity index (χ0v) is 13.5. The number of carbonyl (C=O) groups is 2. The lowest BCUT2D eigenvalue weighted by Gasteiger charge is -2.21. The molecule has 0 fully saturated rings. The van der Waals surface area contributed by atoms with E-state index >= 15 is 0 Å². The number of fused-ring (bicyclic) bond motifs is 1. The van der Waals surface area contributed by atoms with Crippen molar-refractivity contribution >= 4 is 33.5 Å². The molecule has 0 aliphatic heterocycles. The topological polar surface area (TPSA) is 55.4 Å². The third kappa shape index (κ3) is 3.60. The number of ketones is 1. The fraction of sp³-hybridized carbons (Fsp3) is 0.467. The van der Waals surface area contributed by atoms with Gasteiger partial charge in [-0.2, -0.15) is 0 Å². The summed E-state index contributed by atoms with van der Waals surface area (Å²) in [6, 6.07) is 3.59. The van der Waals surface area contributed by atoms with E-state index in [0.717, 1.165) is 28.4 Å². The van der Waals surface area contributed by atoms with Crippen LogP contribution in [0.25, 0.3) is 0 Å². The van der Waals surface area contributed by atoms with Gasteiger partial charge in [-0.05, 0) is 67.2 Å². The van der Waals surface area contributed by atoms with Crippen LogP contribution in [0.4, 0.5) is 10.5 Å². The van der Waals surface area contributed by atoms with E-state index in [2.05, 4.69) is 21.2 Å². The van der Waals surface area contributed by atoms with Crippen molar-refractivity contribution in [1.82, 2.24) is 0 Å². The molecule has 5 heteroatoms. The molecule has 0 aromatic heterocycles. The molecule has 0 saturated carbocycles. The summed E-state index contributed by atoms with van der Waals surface area (Å²) in [5.41, 5.74) is 1.82. The molecule has 20 heavy (non-hydrogen) atoms. The molecule has 0 heterocycles. The van der Waals surface area contributed by atoms with Gasteiger partial charge in [-0.1, -0.05) is 0 Å². The van der Waals surface area contributed by atoms with E-state index < -0.39 is 11.7 Å². The Morgan fingerprint density at radius 3 is 2.65 bits per heavy atom. The van der Waals surface area contributed by atoms with E-state index in [1.165, 1.54) is 0 Å². The molecule has 108 valence electrons. The summed E-state index contributed by atoms with van der Waals surface area (Å²) < 4.78 is 5.94. The summed E-state index contributed by atoms with van der Waals surface area (Å²) in [6.45, 7) is 5.44. The summed E-state index contributed by atoms with van der Waals surface area (Å²) in [5.74, 6) is 0.155. The van der Waals surface area contributed by atoms with Gasteiger partial charge in [0.05, 0.1) is 0 Å². The third-order valence-corrected chi connectivity index (χ3v) is 3.57. The molecule has 1 amide bonds. The van der Waals surface area contributed by atoms with Crippen molar-refractivity contribution in [3.8, 4) is 0 Å². The molecular formula is C15H18BrNO3. The van der Waals surface area contributed by atoms with Crippen LogP contribution in [-0.4, -0.2) is 17.5 Å². The average molecular weight is 340 g/mol. The van der Waals surface area contributed by atoms with Crippen LogP contribution in [0, 0.1) is 0 Å². The second-order valence-corrected chi connectivity index (χ2v) is 6.75. The molecule has 0 spiro atoms. The van der Waals surface area contributed by atoms with Gasteiger partial charge < -0.3 is 4.74 Å². The number of hydrogen-bond donors (Lipinski definition) is 1. The minimum absolute atomic E-state index is 0.155. The van der Waals surface area contributed by atoms with Crippen molar-refractivity contribution in [2.24, 2.45) is 0 Å². The zero-order valence-electron chi connectivity index (χ0n) is 11.9. The van der Waals surface area contributed by atoms with Gasteiger partial charge in [0, 0.05) is 22.1 Å². The Morgan fingerprint density at radius 1 is 1.30 bits per heavy atom. The fourth-order valence-electron chi connectivity index (χ4n) is 2.23. The Balaban J connectivity index is 2.20. The van der Waals surface area contributed by atoms with Crippen LogP contribution >= 0.6 is 15.9 Å². The Morgan fingerprint density at radius 2 is 2.00 bits per heavy atom. The van der Waals surface area contributed by atoms with E-state index in [0.29, 0.717) is 12.1 Å². The smallest absolute Gasteiger partial charge is 0.412 e. The molecule has 0 saturated heterocycles. The van der Waals surface area contributed by atoms with Crippen LogP contribution in [-0.2, 0) is 11.2 Å². The molecule has 1 aromatic carbocycles.